The lowest BCUT2D eigenvalue weighted by Gasteiger charge is -2.16. The van der Waals surface area contributed by atoms with Gasteiger partial charge in [0.2, 0.25) is 0 Å². The van der Waals surface area contributed by atoms with E-state index >= 15 is 0 Å². The summed E-state index contributed by atoms with van der Waals surface area (Å²) in [6.45, 7) is 7.43. The van der Waals surface area contributed by atoms with Crippen LogP contribution in [0.5, 0.6) is 5.75 Å². The number of aliphatic hydroxyl groups excluding tert-OH is 1. The Hall–Kier alpha value is -0.770. The molecule has 0 amide bonds. The molecule has 1 aromatic carbocycles. The van der Waals surface area contributed by atoms with Crippen molar-refractivity contribution in [2.24, 2.45) is 0 Å². The van der Waals surface area contributed by atoms with Crippen LogP contribution in [0.1, 0.15) is 45.2 Å². The molecule has 0 heterocycles. The van der Waals surface area contributed by atoms with Crippen LogP contribution < -0.4 is 10.1 Å². The normalized spacial score (nSPS) is 14.2. The van der Waals surface area contributed by atoms with Crippen LogP contribution >= 0.6 is 11.6 Å². The van der Waals surface area contributed by atoms with Gasteiger partial charge in [0.05, 0.1) is 11.1 Å². The molecule has 1 aromatic rings. The van der Waals surface area contributed by atoms with Crippen molar-refractivity contribution in [3.8, 4) is 5.75 Å². The number of ether oxygens (including phenoxy) is 1. The molecule has 2 N–H and O–H groups in total. The summed E-state index contributed by atoms with van der Waals surface area (Å²) >= 11 is 6.20. The number of hydrogen-bond donors (Lipinski definition) is 2. The molecule has 0 aliphatic rings. The van der Waals surface area contributed by atoms with Crippen molar-refractivity contribution >= 4 is 11.6 Å². The number of aliphatic hydroxyl groups is 1. The Morgan fingerprint density at radius 2 is 2.11 bits per heavy atom. The van der Waals surface area contributed by atoms with Crippen molar-refractivity contribution in [1.29, 1.82) is 0 Å². The summed E-state index contributed by atoms with van der Waals surface area (Å²) in [4.78, 5) is 0. The second kappa shape index (κ2) is 8.41. The Labute approximate surface area is 120 Å². The van der Waals surface area contributed by atoms with Crippen molar-refractivity contribution in [1.82, 2.24) is 5.32 Å². The van der Waals surface area contributed by atoms with Gasteiger partial charge in [0.1, 0.15) is 12.4 Å². The number of nitrogens with one attached hydrogen (secondary N) is 1. The summed E-state index contributed by atoms with van der Waals surface area (Å²) in [5.41, 5.74) is 1.14. The minimum Gasteiger partial charge on any atom is -0.489 e. The first-order valence-corrected chi connectivity index (χ1v) is 7.29. The summed E-state index contributed by atoms with van der Waals surface area (Å²) in [5, 5.41) is 13.5. The standard InChI is InChI=1S/C15H24ClNO2/c1-4-8-17-11(3)12-6-7-15(14(16)9-12)19-10-13(18)5-2/h6-7,9,11,13,17-18H,4-5,8,10H2,1-3H3. The van der Waals surface area contributed by atoms with Gasteiger partial charge in [-0.1, -0.05) is 31.5 Å². The number of rotatable bonds is 8. The number of benzene rings is 1. The third kappa shape index (κ3) is 5.39. The highest BCUT2D eigenvalue weighted by Crippen LogP contribution is 2.28. The van der Waals surface area contributed by atoms with Gasteiger partial charge in [0.15, 0.2) is 0 Å². The van der Waals surface area contributed by atoms with Crippen LogP contribution in [0.2, 0.25) is 5.02 Å². The van der Waals surface area contributed by atoms with E-state index in [1.807, 2.05) is 25.1 Å². The molecule has 2 unspecified atom stereocenters. The fourth-order valence-electron chi connectivity index (χ4n) is 1.69. The minimum atomic E-state index is -0.444. The Morgan fingerprint density at radius 3 is 2.68 bits per heavy atom. The molecule has 0 saturated carbocycles. The molecule has 0 aliphatic carbocycles. The van der Waals surface area contributed by atoms with Gasteiger partial charge in [-0.3, -0.25) is 0 Å². The van der Waals surface area contributed by atoms with Crippen molar-refractivity contribution < 1.29 is 9.84 Å². The van der Waals surface area contributed by atoms with E-state index in [-0.39, 0.29) is 12.6 Å². The molecule has 4 heteroatoms. The molecule has 108 valence electrons. The van der Waals surface area contributed by atoms with E-state index in [2.05, 4.69) is 19.2 Å². The zero-order chi connectivity index (χ0) is 14.3. The molecule has 0 bridgehead atoms. The second-order valence-electron chi connectivity index (χ2n) is 4.74. The first-order valence-electron chi connectivity index (χ1n) is 6.92. The summed E-state index contributed by atoms with van der Waals surface area (Å²) in [6, 6.07) is 6.06. The predicted molar refractivity (Wildman–Crippen MR) is 80.0 cm³/mol. The summed E-state index contributed by atoms with van der Waals surface area (Å²) in [5.74, 6) is 0.626. The molecule has 0 spiro atoms. The van der Waals surface area contributed by atoms with E-state index in [0.717, 1.165) is 18.5 Å². The zero-order valence-electron chi connectivity index (χ0n) is 11.9. The highest BCUT2D eigenvalue weighted by Gasteiger charge is 2.09. The van der Waals surface area contributed by atoms with E-state index in [1.54, 1.807) is 0 Å². The quantitative estimate of drug-likeness (QED) is 0.767. The maximum atomic E-state index is 9.47. The van der Waals surface area contributed by atoms with Gasteiger partial charge in [0.25, 0.3) is 0 Å². The molecule has 19 heavy (non-hydrogen) atoms. The maximum Gasteiger partial charge on any atom is 0.138 e. The Bertz CT molecular complexity index is 384. The molecule has 1 rings (SSSR count). The van der Waals surface area contributed by atoms with Crippen molar-refractivity contribution in [3.05, 3.63) is 28.8 Å². The highest BCUT2D eigenvalue weighted by molar-refractivity contribution is 6.32. The average molecular weight is 286 g/mol. The van der Waals surface area contributed by atoms with E-state index in [0.29, 0.717) is 17.2 Å². The van der Waals surface area contributed by atoms with Gasteiger partial charge in [-0.15, -0.1) is 0 Å². The number of halogens is 1. The zero-order valence-corrected chi connectivity index (χ0v) is 12.7. The molecule has 0 radical (unpaired) electrons. The first-order chi connectivity index (χ1) is 9.08. The molecule has 0 aliphatic heterocycles. The van der Waals surface area contributed by atoms with Crippen LogP contribution in [0, 0.1) is 0 Å². The van der Waals surface area contributed by atoms with Gasteiger partial charge in [-0.25, -0.2) is 0 Å². The Kier molecular flexibility index (Phi) is 7.21. The van der Waals surface area contributed by atoms with Gasteiger partial charge >= 0.3 is 0 Å². The minimum absolute atomic E-state index is 0.271. The van der Waals surface area contributed by atoms with E-state index in [4.69, 9.17) is 16.3 Å². The monoisotopic (exact) mass is 285 g/mol. The summed E-state index contributed by atoms with van der Waals surface area (Å²) in [6.07, 6.45) is 1.34. The summed E-state index contributed by atoms with van der Waals surface area (Å²) < 4.78 is 5.50. The van der Waals surface area contributed by atoms with E-state index in [9.17, 15) is 5.11 Å². The van der Waals surface area contributed by atoms with E-state index in [1.165, 1.54) is 0 Å². The van der Waals surface area contributed by atoms with Gasteiger partial charge in [-0.2, -0.15) is 0 Å². The molecule has 3 nitrogen and oxygen atoms in total. The topological polar surface area (TPSA) is 41.5 Å². The molecule has 0 saturated heterocycles. The fraction of sp³-hybridized carbons (Fsp3) is 0.600. The van der Waals surface area contributed by atoms with Crippen LogP contribution in [-0.4, -0.2) is 24.4 Å². The molecular weight excluding hydrogens is 262 g/mol. The largest absolute Gasteiger partial charge is 0.489 e. The van der Waals surface area contributed by atoms with Gasteiger partial charge in [0, 0.05) is 6.04 Å². The predicted octanol–water partition coefficient (Wildman–Crippen LogP) is 3.55. The Balaban J connectivity index is 2.63. The van der Waals surface area contributed by atoms with Crippen LogP contribution in [0.4, 0.5) is 0 Å². The van der Waals surface area contributed by atoms with E-state index < -0.39 is 6.10 Å². The smallest absolute Gasteiger partial charge is 0.138 e. The van der Waals surface area contributed by atoms with Crippen molar-refractivity contribution in [2.45, 2.75) is 45.8 Å². The van der Waals surface area contributed by atoms with Crippen molar-refractivity contribution in [2.75, 3.05) is 13.2 Å². The number of hydrogen-bond acceptors (Lipinski definition) is 3. The second-order valence-corrected chi connectivity index (χ2v) is 5.15. The lowest BCUT2D eigenvalue weighted by molar-refractivity contribution is 0.104. The lowest BCUT2D eigenvalue weighted by atomic mass is 10.1. The van der Waals surface area contributed by atoms with Gasteiger partial charge in [-0.05, 0) is 44.0 Å². The third-order valence-corrected chi connectivity index (χ3v) is 3.35. The SMILES string of the molecule is CCCNC(C)c1ccc(OCC(O)CC)c(Cl)c1. The van der Waals surface area contributed by atoms with Crippen LogP contribution in [0.15, 0.2) is 18.2 Å². The van der Waals surface area contributed by atoms with Crippen LogP contribution in [0.3, 0.4) is 0 Å². The molecule has 2 atom stereocenters. The lowest BCUT2D eigenvalue weighted by Crippen LogP contribution is -2.19. The average Bonchev–Trinajstić information content (AvgIpc) is 2.42. The Morgan fingerprint density at radius 1 is 1.37 bits per heavy atom. The maximum absolute atomic E-state index is 9.47. The highest BCUT2D eigenvalue weighted by atomic mass is 35.5. The summed E-state index contributed by atoms with van der Waals surface area (Å²) in [7, 11) is 0. The molecule has 0 fully saturated rings. The molecular formula is C15H24ClNO2. The first kappa shape index (κ1) is 16.3. The van der Waals surface area contributed by atoms with Crippen LogP contribution in [0.25, 0.3) is 0 Å². The third-order valence-electron chi connectivity index (χ3n) is 3.06. The molecule has 0 aromatic heterocycles. The van der Waals surface area contributed by atoms with Gasteiger partial charge < -0.3 is 15.2 Å². The van der Waals surface area contributed by atoms with Crippen molar-refractivity contribution in [3.63, 3.8) is 0 Å². The fourth-order valence-corrected chi connectivity index (χ4v) is 1.93. The van der Waals surface area contributed by atoms with Crippen LogP contribution in [-0.2, 0) is 0 Å².